The van der Waals surface area contributed by atoms with Crippen molar-refractivity contribution in [2.24, 2.45) is 11.3 Å². The topological polar surface area (TPSA) is 206 Å². The highest BCUT2D eigenvalue weighted by Crippen LogP contribution is 2.41. The molecule has 72 heavy (non-hydrogen) atoms. The summed E-state index contributed by atoms with van der Waals surface area (Å²) in [5.41, 5.74) is 14.9. The number of likely N-dealkylation sites (tertiary alicyclic amines) is 2. The summed E-state index contributed by atoms with van der Waals surface area (Å²) in [5.74, 6) is 0.0941. The van der Waals surface area contributed by atoms with Gasteiger partial charge in [-0.25, -0.2) is 4.98 Å². The van der Waals surface area contributed by atoms with Crippen molar-refractivity contribution in [2.75, 3.05) is 48.3 Å². The maximum absolute atomic E-state index is 14.3. The van der Waals surface area contributed by atoms with Gasteiger partial charge in [-0.2, -0.15) is 0 Å². The summed E-state index contributed by atoms with van der Waals surface area (Å²) in [5, 5.41) is 35.9. The van der Waals surface area contributed by atoms with Gasteiger partial charge >= 0.3 is 0 Å². The highest BCUT2D eigenvalue weighted by molar-refractivity contribution is 7.13. The number of aliphatic hydroxyl groups excluding tert-OH is 1. The van der Waals surface area contributed by atoms with Crippen molar-refractivity contribution < 1.29 is 24.6 Å². The molecule has 4 saturated heterocycles. The number of aromatic nitrogens is 4. The molecular formula is C55H69N11O5S. The van der Waals surface area contributed by atoms with Crippen molar-refractivity contribution in [3.05, 3.63) is 95.3 Å². The van der Waals surface area contributed by atoms with Crippen LogP contribution in [0.1, 0.15) is 101 Å². The van der Waals surface area contributed by atoms with Gasteiger partial charge in [0, 0.05) is 74.1 Å². The summed E-state index contributed by atoms with van der Waals surface area (Å²) in [7, 11) is 0. The van der Waals surface area contributed by atoms with E-state index in [1.807, 2.05) is 58.0 Å². The number of β-amino-alcohol motifs (C(OH)–C–C–N with tert-alkyl or cyclic N) is 1. The Balaban J connectivity index is 0.686. The number of carbonyl (C=O) groups excluding carboxylic acids is 3. The minimum Gasteiger partial charge on any atom is -0.507 e. The molecule has 7 heterocycles. The van der Waals surface area contributed by atoms with Crippen molar-refractivity contribution in [1.82, 2.24) is 40.6 Å². The Morgan fingerprint density at radius 2 is 1.54 bits per heavy atom. The summed E-state index contributed by atoms with van der Waals surface area (Å²) in [6.45, 7) is 11.7. The van der Waals surface area contributed by atoms with Crippen LogP contribution in [0, 0.1) is 18.3 Å². The molecule has 16 nitrogen and oxygen atoms in total. The smallest absolute Gasteiger partial charge is 0.246 e. The van der Waals surface area contributed by atoms with E-state index in [1.54, 1.807) is 23.8 Å². The number of hydrogen-bond acceptors (Lipinski definition) is 14. The van der Waals surface area contributed by atoms with E-state index >= 15 is 0 Å². The molecule has 3 aromatic heterocycles. The van der Waals surface area contributed by atoms with Crippen LogP contribution in [0.2, 0.25) is 0 Å². The number of hydrogen-bond donors (Lipinski definition) is 5. The minimum absolute atomic E-state index is 0.0318. The predicted octanol–water partition coefficient (Wildman–Crippen LogP) is 6.66. The third kappa shape index (κ3) is 10.4. The Labute approximate surface area is 426 Å². The van der Waals surface area contributed by atoms with Gasteiger partial charge in [0.1, 0.15) is 17.8 Å². The van der Waals surface area contributed by atoms with Gasteiger partial charge in [-0.1, -0.05) is 51.1 Å². The summed E-state index contributed by atoms with van der Waals surface area (Å²) in [6, 6.07) is 21.7. The first-order valence-electron chi connectivity index (χ1n) is 25.9. The van der Waals surface area contributed by atoms with Crippen molar-refractivity contribution in [1.29, 1.82) is 0 Å². The molecule has 0 radical (unpaired) electrons. The average molecular weight is 996 g/mol. The first-order valence-corrected chi connectivity index (χ1v) is 26.8. The summed E-state index contributed by atoms with van der Waals surface area (Å²) in [6.07, 6.45) is 8.86. The summed E-state index contributed by atoms with van der Waals surface area (Å²) < 4.78 is 0. The van der Waals surface area contributed by atoms with Crippen molar-refractivity contribution in [2.45, 2.75) is 134 Å². The molecule has 1 aliphatic carbocycles. The molecule has 3 amide bonds. The molecule has 10 rings (SSSR count). The fourth-order valence-corrected chi connectivity index (χ4v) is 12.9. The van der Waals surface area contributed by atoms with Gasteiger partial charge in [0.15, 0.2) is 5.82 Å². The van der Waals surface area contributed by atoms with Crippen molar-refractivity contribution in [3.8, 4) is 27.6 Å². The number of phenolic OH excluding ortho intramolecular Hbond substituents is 1. The van der Waals surface area contributed by atoms with Gasteiger partial charge in [0.25, 0.3) is 0 Å². The maximum Gasteiger partial charge on any atom is 0.246 e. The lowest BCUT2D eigenvalue weighted by Crippen LogP contribution is -2.58. The Hall–Kier alpha value is -6.17. The quantitative estimate of drug-likeness (QED) is 0.0888. The first kappa shape index (κ1) is 49.4. The highest BCUT2D eigenvalue weighted by atomic mass is 32.1. The zero-order valence-electron chi connectivity index (χ0n) is 41.9. The lowest BCUT2D eigenvalue weighted by atomic mass is 9.81. The number of thiazole rings is 1. The number of nitrogen functional groups attached to an aromatic ring is 1. The van der Waals surface area contributed by atoms with Gasteiger partial charge in [-0.3, -0.25) is 19.4 Å². The number of aromatic hydroxyl groups is 1. The molecule has 5 atom stereocenters. The van der Waals surface area contributed by atoms with E-state index in [2.05, 4.69) is 69.8 Å². The Bertz CT molecular complexity index is 2720. The normalized spacial score (nSPS) is 24.3. The number of nitrogens with zero attached hydrogens (tertiary/aromatic N) is 8. The minimum atomic E-state index is -0.856. The lowest BCUT2D eigenvalue weighted by molar-refractivity contribution is -0.144. The standard InChI is InChI=1S/C55H69N11O5S/c1-33-49(72-32-59-33)44-20-9-34(27-57-44)28-58-53(70)47-25-42(67)31-65(47)54(71)50(55(2,3)4)60-52(69)37-12-14-38(15-13-37)63-23-21-36(22-24-63)35-10-16-39(17-11-35)66-40-18-19-41(66)30-64(29-40)46-26-45(61-62-51(46)56)43-7-5-6-8-48(43)68/h5-11,16-17,20,26-27,32,36-38,40-42,47,50,67-68H,12-15,18-19,21-25,28-31H2,1-4H3,(H2,56,62)(H,58,70)(H,60,69)/t37?,38?,40?,41?,42-,47+,50-/m1/s1. The van der Waals surface area contributed by atoms with Gasteiger partial charge in [-0.15, -0.1) is 21.5 Å². The van der Waals surface area contributed by atoms with E-state index < -0.39 is 23.6 Å². The third-order valence-corrected chi connectivity index (χ3v) is 17.1. The van der Waals surface area contributed by atoms with Crippen LogP contribution in [0.4, 0.5) is 17.2 Å². The van der Waals surface area contributed by atoms with E-state index in [-0.39, 0.29) is 48.9 Å². The number of carbonyl (C=O) groups is 3. The second kappa shape index (κ2) is 20.7. The molecule has 2 unspecified atom stereocenters. The Morgan fingerprint density at radius 3 is 2.19 bits per heavy atom. The number of aliphatic hydroxyl groups is 1. The average Bonchev–Trinajstić information content (AvgIpc) is 4.08. The number of benzene rings is 2. The fraction of sp³-hybridized carbons (Fsp3) is 0.509. The van der Waals surface area contributed by atoms with Crippen LogP contribution in [-0.2, 0) is 20.9 Å². The van der Waals surface area contributed by atoms with Crippen molar-refractivity contribution >= 4 is 46.3 Å². The molecule has 0 spiro atoms. The number of nitrogens with two attached hydrogens (primary N) is 1. The molecule has 1 saturated carbocycles. The monoisotopic (exact) mass is 996 g/mol. The molecule has 380 valence electrons. The van der Waals surface area contributed by atoms with Gasteiger partial charge < -0.3 is 46.2 Å². The second-order valence-corrected chi connectivity index (χ2v) is 22.7. The zero-order chi connectivity index (χ0) is 50.3. The number of rotatable bonds is 12. The van der Waals surface area contributed by atoms with Crippen LogP contribution in [0.5, 0.6) is 5.75 Å². The lowest BCUT2D eigenvalue weighted by Gasteiger charge is -2.44. The molecule has 2 bridgehead atoms. The Morgan fingerprint density at radius 1 is 0.833 bits per heavy atom. The first-order chi connectivity index (χ1) is 34.7. The summed E-state index contributed by atoms with van der Waals surface area (Å²) in [4.78, 5) is 60.8. The largest absolute Gasteiger partial charge is 0.507 e. The highest BCUT2D eigenvalue weighted by Gasteiger charge is 2.46. The Kier molecular flexibility index (Phi) is 14.2. The number of para-hydroxylation sites is 1. The molecule has 2 aromatic carbocycles. The van der Waals surface area contributed by atoms with Gasteiger partial charge in [0.05, 0.1) is 39.3 Å². The number of aryl methyl sites for hydroxylation is 1. The second-order valence-electron chi connectivity index (χ2n) is 21.9. The number of piperidine rings is 1. The number of pyridine rings is 1. The number of amides is 3. The molecule has 4 aliphatic heterocycles. The SMILES string of the molecule is Cc1ncsc1-c1ccc(CNC(=O)[C@@H]2C[C@@H](O)CN2C(=O)[C@@H](NC(=O)C2CCC(N3CCC(c4ccc(N5C6CCC5CN(c5cc(-c7ccccc7O)nnc5N)C6)cc4)CC3)CC2)C(C)(C)C)cn1. The van der Waals surface area contributed by atoms with Gasteiger partial charge in [-0.05, 0) is 130 Å². The number of phenols is 1. The van der Waals surface area contributed by atoms with Crippen LogP contribution in [0.3, 0.4) is 0 Å². The number of fused-ring (bicyclic) bond motifs is 2. The van der Waals surface area contributed by atoms with Crippen LogP contribution in [0.25, 0.3) is 21.8 Å². The number of anilines is 3. The van der Waals surface area contributed by atoms with Crippen LogP contribution in [0.15, 0.2) is 78.4 Å². The number of piperazine rings is 1. The van der Waals surface area contributed by atoms with E-state index in [4.69, 9.17) is 5.73 Å². The molecule has 17 heteroatoms. The van der Waals surface area contributed by atoms with Gasteiger partial charge in [0.2, 0.25) is 17.7 Å². The number of nitrogens with one attached hydrogen (secondary N) is 2. The molecule has 5 aromatic rings. The van der Waals surface area contributed by atoms with Crippen LogP contribution < -0.4 is 26.2 Å². The van der Waals surface area contributed by atoms with E-state index in [0.717, 1.165) is 105 Å². The van der Waals surface area contributed by atoms with Crippen molar-refractivity contribution in [3.63, 3.8) is 0 Å². The molecular weight excluding hydrogens is 927 g/mol. The predicted molar refractivity (Wildman–Crippen MR) is 280 cm³/mol. The van der Waals surface area contributed by atoms with E-state index in [1.165, 1.54) is 27.5 Å². The van der Waals surface area contributed by atoms with Crippen LogP contribution >= 0.6 is 11.3 Å². The maximum atomic E-state index is 14.3. The molecule has 5 fully saturated rings. The molecule has 5 aliphatic rings. The molecule has 6 N–H and O–H groups in total. The zero-order valence-corrected chi connectivity index (χ0v) is 42.7. The third-order valence-electron chi connectivity index (χ3n) is 16.1. The summed E-state index contributed by atoms with van der Waals surface area (Å²) >= 11 is 1.53. The fourth-order valence-electron chi connectivity index (χ4n) is 12.1. The van der Waals surface area contributed by atoms with E-state index in [9.17, 15) is 24.6 Å². The van der Waals surface area contributed by atoms with E-state index in [0.29, 0.717) is 41.1 Å². The van der Waals surface area contributed by atoms with Crippen LogP contribution in [-0.4, -0.2) is 127 Å².